The number of imidazole rings is 1. The number of rotatable bonds is 5. The molecule has 0 atom stereocenters. The number of aryl methyl sites for hydroxylation is 2. The van der Waals surface area contributed by atoms with Crippen molar-refractivity contribution >= 4 is 50.0 Å². The number of methoxy groups -OCH3 is 2. The van der Waals surface area contributed by atoms with Gasteiger partial charge in [0.25, 0.3) is 0 Å². The largest absolute Gasteiger partial charge is 0.493 e. The third-order valence-corrected chi connectivity index (χ3v) is 6.64. The summed E-state index contributed by atoms with van der Waals surface area (Å²) in [4.78, 5) is 4.66. The molecule has 8 heteroatoms. The van der Waals surface area contributed by atoms with Crippen LogP contribution in [0.5, 0.6) is 11.5 Å². The lowest BCUT2D eigenvalue weighted by atomic mass is 10.0. The number of aromatic nitrogens is 3. The van der Waals surface area contributed by atoms with Gasteiger partial charge < -0.3 is 18.6 Å². The van der Waals surface area contributed by atoms with Crippen molar-refractivity contribution in [3.05, 3.63) is 51.3 Å². The summed E-state index contributed by atoms with van der Waals surface area (Å²) < 4.78 is 15.7. The van der Waals surface area contributed by atoms with Gasteiger partial charge in [-0.25, -0.2) is 4.98 Å². The Hall–Kier alpha value is -2.15. The Morgan fingerprint density at radius 2 is 1.83 bits per heavy atom. The molecule has 0 aliphatic rings. The van der Waals surface area contributed by atoms with Gasteiger partial charge in [0.2, 0.25) is 0 Å². The van der Waals surface area contributed by atoms with E-state index >= 15 is 0 Å². The minimum absolute atomic E-state index is 0.556. The fourth-order valence-electron chi connectivity index (χ4n) is 3.78. The molecule has 0 N–H and O–H groups in total. The van der Waals surface area contributed by atoms with Crippen molar-refractivity contribution in [2.75, 3.05) is 14.2 Å². The second kappa shape index (κ2) is 8.17. The van der Waals surface area contributed by atoms with Gasteiger partial charge in [0, 0.05) is 30.1 Å². The number of benzene rings is 2. The molecule has 0 radical (unpaired) electrons. The lowest BCUT2D eigenvalue weighted by molar-refractivity contribution is 0.353. The van der Waals surface area contributed by atoms with E-state index in [-0.39, 0.29) is 0 Å². The van der Waals surface area contributed by atoms with Gasteiger partial charge in [-0.2, -0.15) is 0 Å². The van der Waals surface area contributed by atoms with Crippen LogP contribution >= 0.6 is 39.1 Å². The Balaban J connectivity index is 1.92. The molecule has 2 aromatic carbocycles. The maximum atomic E-state index is 6.54. The summed E-state index contributed by atoms with van der Waals surface area (Å²) in [6.45, 7) is 2.79. The Morgan fingerprint density at radius 3 is 2.50 bits per heavy atom. The van der Waals surface area contributed by atoms with Crippen LogP contribution in [0.4, 0.5) is 0 Å². The molecular formula is C22H20BrCl2N3O2. The topological polar surface area (TPSA) is 41.2 Å². The highest BCUT2D eigenvalue weighted by molar-refractivity contribution is 9.10. The molecule has 4 aromatic rings. The normalized spacial score (nSPS) is 11.3. The van der Waals surface area contributed by atoms with Crippen LogP contribution in [0.1, 0.15) is 6.92 Å². The molecule has 0 bridgehead atoms. The third-order valence-electron chi connectivity index (χ3n) is 5.18. The highest BCUT2D eigenvalue weighted by Gasteiger charge is 2.20. The van der Waals surface area contributed by atoms with E-state index in [4.69, 9.17) is 32.7 Å². The van der Waals surface area contributed by atoms with Crippen LogP contribution in [0.3, 0.4) is 0 Å². The molecule has 0 saturated carbocycles. The average molecular weight is 509 g/mol. The lowest BCUT2D eigenvalue weighted by Gasteiger charge is -2.13. The van der Waals surface area contributed by atoms with Gasteiger partial charge in [0.15, 0.2) is 11.5 Å². The summed E-state index contributed by atoms with van der Waals surface area (Å²) in [5.74, 6) is 1.27. The zero-order valence-corrected chi connectivity index (χ0v) is 20.1. The van der Waals surface area contributed by atoms with Crippen LogP contribution in [0.25, 0.3) is 33.4 Å². The number of hydrogen-bond acceptors (Lipinski definition) is 3. The molecule has 0 unspecified atom stereocenters. The highest BCUT2D eigenvalue weighted by Crippen LogP contribution is 2.42. The Morgan fingerprint density at radius 1 is 1.07 bits per heavy atom. The number of halogens is 3. The average Bonchev–Trinajstić information content (AvgIpc) is 3.24. The Kier molecular flexibility index (Phi) is 5.75. The van der Waals surface area contributed by atoms with Crippen LogP contribution in [0, 0.1) is 0 Å². The van der Waals surface area contributed by atoms with Crippen LogP contribution in [-0.4, -0.2) is 28.3 Å². The van der Waals surface area contributed by atoms with Gasteiger partial charge in [-0.1, -0.05) is 29.3 Å². The molecule has 156 valence electrons. The number of fused-ring (bicyclic) bond motifs is 1. The number of hydrogen-bond donors (Lipinski definition) is 0. The van der Waals surface area contributed by atoms with Crippen LogP contribution in [0.15, 0.2) is 41.1 Å². The van der Waals surface area contributed by atoms with Crippen molar-refractivity contribution in [1.29, 1.82) is 0 Å². The van der Waals surface area contributed by atoms with E-state index in [2.05, 4.69) is 33.0 Å². The van der Waals surface area contributed by atoms with Gasteiger partial charge >= 0.3 is 0 Å². The van der Waals surface area contributed by atoms with E-state index in [0.717, 1.165) is 44.4 Å². The first kappa shape index (κ1) is 21.1. The summed E-state index contributed by atoms with van der Waals surface area (Å²) >= 11 is 16.5. The summed E-state index contributed by atoms with van der Waals surface area (Å²) in [5, 5.41) is 2.04. The fourth-order valence-corrected chi connectivity index (χ4v) is 4.95. The zero-order chi connectivity index (χ0) is 21.6. The molecule has 0 aliphatic carbocycles. The van der Waals surface area contributed by atoms with E-state index < -0.39 is 0 Å². The highest BCUT2D eigenvalue weighted by atomic mass is 79.9. The van der Waals surface area contributed by atoms with Crippen molar-refractivity contribution < 1.29 is 9.47 Å². The maximum Gasteiger partial charge on any atom is 0.174 e. The molecule has 0 fully saturated rings. The molecular weight excluding hydrogens is 489 g/mol. The Bertz CT molecular complexity index is 1260. The second-order valence-electron chi connectivity index (χ2n) is 6.83. The fraction of sp³-hybridized carbons (Fsp3) is 0.227. The summed E-state index contributed by atoms with van der Waals surface area (Å²) in [6, 6.07) is 10.1. The van der Waals surface area contributed by atoms with Gasteiger partial charge in [-0.05, 0) is 47.1 Å². The van der Waals surface area contributed by atoms with Crippen molar-refractivity contribution in [1.82, 2.24) is 14.1 Å². The first-order valence-corrected chi connectivity index (χ1v) is 10.9. The van der Waals surface area contributed by atoms with Crippen molar-refractivity contribution in [2.24, 2.45) is 7.05 Å². The summed E-state index contributed by atoms with van der Waals surface area (Å²) in [5.41, 5.74) is 4.71. The predicted octanol–water partition coefficient (Wildman–Crippen LogP) is 6.82. The van der Waals surface area contributed by atoms with E-state index in [9.17, 15) is 0 Å². The van der Waals surface area contributed by atoms with Gasteiger partial charge in [-0.3, -0.25) is 0 Å². The van der Waals surface area contributed by atoms with E-state index in [0.29, 0.717) is 21.7 Å². The lowest BCUT2D eigenvalue weighted by Crippen LogP contribution is -1.95. The quantitative estimate of drug-likeness (QED) is 0.297. The maximum absolute atomic E-state index is 6.54. The smallest absolute Gasteiger partial charge is 0.174 e. The first-order chi connectivity index (χ1) is 14.4. The molecule has 30 heavy (non-hydrogen) atoms. The standard InChI is InChI=1S/C22H20BrCl2N3O2/c1-5-28-16-7-6-12(8-14(16)18(24)22(28)25)20-19(26-11-27(20)2)13-9-15(23)21(30-4)17(10-13)29-3/h6-11H,5H2,1-4H3. The monoisotopic (exact) mass is 507 g/mol. The SMILES string of the molecule is CCn1c(Cl)c(Cl)c2cc(-c3c(-c4cc(Br)c(OC)c(OC)c4)ncn3C)ccc21. The van der Waals surface area contributed by atoms with Crippen molar-refractivity contribution in [3.8, 4) is 34.0 Å². The molecule has 0 saturated heterocycles. The van der Waals surface area contributed by atoms with E-state index in [1.807, 2.05) is 41.3 Å². The molecule has 0 amide bonds. The molecule has 2 aromatic heterocycles. The van der Waals surface area contributed by atoms with E-state index in [1.54, 1.807) is 20.5 Å². The first-order valence-electron chi connectivity index (χ1n) is 9.32. The minimum Gasteiger partial charge on any atom is -0.493 e. The summed E-state index contributed by atoms with van der Waals surface area (Å²) in [7, 11) is 5.20. The number of ether oxygens (including phenoxy) is 2. The van der Waals surface area contributed by atoms with Gasteiger partial charge in [0.05, 0.1) is 46.9 Å². The van der Waals surface area contributed by atoms with Gasteiger partial charge in [-0.15, -0.1) is 0 Å². The molecule has 5 nitrogen and oxygen atoms in total. The van der Waals surface area contributed by atoms with Crippen LogP contribution < -0.4 is 9.47 Å². The molecule has 4 rings (SSSR count). The molecule has 2 heterocycles. The molecule has 0 aliphatic heterocycles. The predicted molar refractivity (Wildman–Crippen MR) is 126 cm³/mol. The summed E-state index contributed by atoms with van der Waals surface area (Å²) in [6.07, 6.45) is 1.80. The van der Waals surface area contributed by atoms with Crippen LogP contribution in [-0.2, 0) is 13.6 Å². The van der Waals surface area contributed by atoms with Crippen LogP contribution in [0.2, 0.25) is 10.2 Å². The second-order valence-corrected chi connectivity index (χ2v) is 8.42. The molecule has 0 spiro atoms. The van der Waals surface area contributed by atoms with Crippen molar-refractivity contribution in [3.63, 3.8) is 0 Å². The number of nitrogens with zero attached hydrogens (tertiary/aromatic N) is 3. The third kappa shape index (κ3) is 3.27. The van der Waals surface area contributed by atoms with E-state index in [1.165, 1.54) is 0 Å². The minimum atomic E-state index is 0.556. The van der Waals surface area contributed by atoms with Gasteiger partial charge in [0.1, 0.15) is 5.15 Å². The zero-order valence-electron chi connectivity index (χ0n) is 17.0. The van der Waals surface area contributed by atoms with Crippen molar-refractivity contribution in [2.45, 2.75) is 13.5 Å². The Labute approximate surface area is 193 Å².